The number of fused-ring (bicyclic) bond motifs is 1. The number of likely N-dealkylation sites (tertiary alicyclic amines) is 1. The molecule has 0 saturated carbocycles. The summed E-state index contributed by atoms with van der Waals surface area (Å²) in [6, 6.07) is 17.5. The molecule has 0 atom stereocenters. The lowest BCUT2D eigenvalue weighted by Crippen LogP contribution is -2.40. The zero-order valence-electron chi connectivity index (χ0n) is 19.9. The van der Waals surface area contributed by atoms with Crippen LogP contribution in [0.1, 0.15) is 45.1 Å². The molecule has 0 aliphatic carbocycles. The van der Waals surface area contributed by atoms with Crippen LogP contribution in [0.15, 0.2) is 48.5 Å². The van der Waals surface area contributed by atoms with Gasteiger partial charge in [0.2, 0.25) is 5.95 Å². The van der Waals surface area contributed by atoms with Crippen molar-refractivity contribution < 1.29 is 4.74 Å². The van der Waals surface area contributed by atoms with Crippen molar-refractivity contribution in [2.75, 3.05) is 32.1 Å². The normalized spacial score (nSPS) is 15.5. The Balaban J connectivity index is 1.34. The van der Waals surface area contributed by atoms with E-state index in [-0.39, 0.29) is 0 Å². The van der Waals surface area contributed by atoms with E-state index in [2.05, 4.69) is 77.2 Å². The van der Waals surface area contributed by atoms with E-state index in [0.29, 0.717) is 12.0 Å². The van der Waals surface area contributed by atoms with E-state index in [0.717, 1.165) is 62.7 Å². The van der Waals surface area contributed by atoms with E-state index < -0.39 is 0 Å². The Hall–Kier alpha value is -2.53. The molecule has 3 aromatic rings. The molecule has 0 amide bonds. The number of methoxy groups -OCH3 is 1. The van der Waals surface area contributed by atoms with E-state index >= 15 is 0 Å². The first-order valence-corrected chi connectivity index (χ1v) is 12.3. The maximum absolute atomic E-state index is 5.26. The monoisotopic (exact) mass is 434 g/mol. The van der Waals surface area contributed by atoms with Gasteiger partial charge in [0.25, 0.3) is 0 Å². The number of piperidine rings is 1. The second kappa shape index (κ2) is 10.9. The number of para-hydroxylation sites is 2. The number of nitrogens with zero attached hydrogens (tertiary/aromatic N) is 3. The van der Waals surface area contributed by atoms with Crippen LogP contribution in [0.2, 0.25) is 0 Å². The van der Waals surface area contributed by atoms with Crippen molar-refractivity contribution in [3.8, 4) is 5.75 Å². The van der Waals surface area contributed by atoms with Crippen molar-refractivity contribution in [2.24, 2.45) is 5.92 Å². The minimum Gasteiger partial charge on any atom is -0.497 e. The minimum atomic E-state index is 0.490. The second-order valence-electron chi connectivity index (χ2n) is 9.08. The van der Waals surface area contributed by atoms with Gasteiger partial charge in [-0.3, -0.25) is 0 Å². The molecule has 5 heteroatoms. The lowest BCUT2D eigenvalue weighted by Gasteiger charge is -2.32. The Bertz CT molecular complexity index is 969. The molecule has 1 saturated heterocycles. The fourth-order valence-corrected chi connectivity index (χ4v) is 4.74. The molecule has 2 heterocycles. The number of aromatic nitrogens is 2. The molecule has 172 valence electrons. The van der Waals surface area contributed by atoms with E-state index in [4.69, 9.17) is 9.72 Å². The molecule has 1 aliphatic rings. The van der Waals surface area contributed by atoms with Gasteiger partial charge >= 0.3 is 0 Å². The smallest absolute Gasteiger partial charge is 0.204 e. The van der Waals surface area contributed by atoms with Crippen molar-refractivity contribution in [3.63, 3.8) is 0 Å². The van der Waals surface area contributed by atoms with Crippen LogP contribution in [0.25, 0.3) is 11.0 Å². The van der Waals surface area contributed by atoms with Crippen molar-refractivity contribution >= 4 is 17.0 Å². The first kappa shape index (κ1) is 22.7. The third-order valence-electron chi connectivity index (χ3n) is 7.05. The Morgan fingerprint density at radius 3 is 2.44 bits per heavy atom. The van der Waals surface area contributed by atoms with Crippen LogP contribution in [-0.4, -0.2) is 47.2 Å². The average molecular weight is 435 g/mol. The lowest BCUT2D eigenvalue weighted by molar-refractivity contribution is 0.221. The summed E-state index contributed by atoms with van der Waals surface area (Å²) < 4.78 is 7.68. The van der Waals surface area contributed by atoms with Gasteiger partial charge in [-0.05, 0) is 55.0 Å². The number of hydrogen-bond acceptors (Lipinski definition) is 4. The highest BCUT2D eigenvalue weighted by atomic mass is 16.5. The quantitative estimate of drug-likeness (QED) is 0.451. The van der Waals surface area contributed by atoms with Crippen LogP contribution >= 0.6 is 0 Å². The third kappa shape index (κ3) is 5.44. The number of hydrogen-bond donors (Lipinski definition) is 1. The first-order chi connectivity index (χ1) is 15.7. The van der Waals surface area contributed by atoms with Crippen molar-refractivity contribution in [1.29, 1.82) is 0 Å². The van der Waals surface area contributed by atoms with Crippen LogP contribution in [0.5, 0.6) is 5.75 Å². The molecule has 0 spiro atoms. The molecule has 1 fully saturated rings. The Kier molecular flexibility index (Phi) is 7.69. The van der Waals surface area contributed by atoms with Gasteiger partial charge in [-0.15, -0.1) is 0 Å². The maximum Gasteiger partial charge on any atom is 0.204 e. The molecule has 1 aromatic heterocycles. The number of imidazole rings is 1. The van der Waals surface area contributed by atoms with Gasteiger partial charge in [0.05, 0.1) is 18.1 Å². The Morgan fingerprint density at radius 2 is 1.75 bits per heavy atom. The standard InChI is InChI=1S/C27H38N4O/c1-4-21(5-2)20-31-26-9-7-6-8-25(26)29-27(31)28-23-15-18-30(19-16-23)17-14-22-10-12-24(32-3)13-11-22/h6-13,21,23H,4-5,14-20H2,1-3H3,(H,28,29). The van der Waals surface area contributed by atoms with Crippen molar-refractivity contribution in [3.05, 3.63) is 54.1 Å². The number of rotatable bonds is 10. The minimum absolute atomic E-state index is 0.490. The fraction of sp³-hybridized carbons (Fsp3) is 0.519. The molecule has 32 heavy (non-hydrogen) atoms. The molecule has 1 N–H and O–H groups in total. The molecule has 0 radical (unpaired) electrons. The summed E-state index contributed by atoms with van der Waals surface area (Å²) in [5.74, 6) is 2.67. The zero-order chi connectivity index (χ0) is 22.3. The highest BCUT2D eigenvalue weighted by Gasteiger charge is 2.22. The van der Waals surface area contributed by atoms with Gasteiger partial charge in [-0.25, -0.2) is 4.98 Å². The van der Waals surface area contributed by atoms with Gasteiger partial charge in [0.15, 0.2) is 0 Å². The Labute approximate surface area is 192 Å². The molecule has 1 aliphatic heterocycles. The number of nitrogens with one attached hydrogen (secondary N) is 1. The van der Waals surface area contributed by atoms with E-state index in [1.54, 1.807) is 7.11 Å². The third-order valence-corrected chi connectivity index (χ3v) is 7.05. The zero-order valence-corrected chi connectivity index (χ0v) is 19.9. The highest BCUT2D eigenvalue weighted by molar-refractivity contribution is 5.78. The van der Waals surface area contributed by atoms with Crippen LogP contribution in [0.4, 0.5) is 5.95 Å². The summed E-state index contributed by atoms with van der Waals surface area (Å²) >= 11 is 0. The largest absolute Gasteiger partial charge is 0.497 e. The second-order valence-corrected chi connectivity index (χ2v) is 9.08. The molecule has 2 aromatic carbocycles. The van der Waals surface area contributed by atoms with E-state index in [1.165, 1.54) is 23.9 Å². The predicted octanol–water partition coefficient (Wildman–Crippen LogP) is 5.60. The summed E-state index contributed by atoms with van der Waals surface area (Å²) in [5, 5.41) is 3.81. The van der Waals surface area contributed by atoms with Crippen molar-refractivity contribution in [2.45, 2.75) is 58.5 Å². The lowest BCUT2D eigenvalue weighted by atomic mass is 10.0. The van der Waals surface area contributed by atoms with Crippen molar-refractivity contribution in [1.82, 2.24) is 14.5 Å². The summed E-state index contributed by atoms with van der Waals surface area (Å²) in [5.41, 5.74) is 3.72. The molecular weight excluding hydrogens is 396 g/mol. The molecule has 4 rings (SSSR count). The molecular formula is C27H38N4O. The predicted molar refractivity (Wildman–Crippen MR) is 134 cm³/mol. The summed E-state index contributed by atoms with van der Waals surface area (Å²) in [6.07, 6.45) is 5.82. The summed E-state index contributed by atoms with van der Waals surface area (Å²) in [7, 11) is 1.72. The average Bonchev–Trinajstić information content (AvgIpc) is 3.19. The molecule has 5 nitrogen and oxygen atoms in total. The summed E-state index contributed by atoms with van der Waals surface area (Å²) in [6.45, 7) is 9.02. The van der Waals surface area contributed by atoms with Crippen LogP contribution in [0, 0.1) is 5.92 Å². The number of ether oxygens (including phenoxy) is 1. The molecule has 0 unspecified atom stereocenters. The van der Waals surface area contributed by atoms with Gasteiger partial charge in [0.1, 0.15) is 5.75 Å². The van der Waals surface area contributed by atoms with Gasteiger partial charge in [-0.1, -0.05) is 51.0 Å². The summed E-state index contributed by atoms with van der Waals surface area (Å²) in [4.78, 5) is 7.56. The highest BCUT2D eigenvalue weighted by Crippen LogP contribution is 2.25. The maximum atomic E-state index is 5.26. The SMILES string of the molecule is CCC(CC)Cn1c(NC2CCN(CCc3ccc(OC)cc3)CC2)nc2ccccc21. The number of benzene rings is 2. The number of anilines is 1. The fourth-order valence-electron chi connectivity index (χ4n) is 4.74. The topological polar surface area (TPSA) is 42.3 Å². The van der Waals surface area contributed by atoms with E-state index in [1.807, 2.05) is 0 Å². The van der Waals surface area contributed by atoms with Crippen LogP contribution in [-0.2, 0) is 13.0 Å². The van der Waals surface area contributed by atoms with E-state index in [9.17, 15) is 0 Å². The van der Waals surface area contributed by atoms with Crippen LogP contribution in [0.3, 0.4) is 0 Å². The molecule has 0 bridgehead atoms. The van der Waals surface area contributed by atoms with Crippen LogP contribution < -0.4 is 10.1 Å². The van der Waals surface area contributed by atoms with Gasteiger partial charge in [0, 0.05) is 32.2 Å². The van der Waals surface area contributed by atoms with Gasteiger partial charge < -0.3 is 19.5 Å². The van der Waals surface area contributed by atoms with Gasteiger partial charge in [-0.2, -0.15) is 0 Å². The first-order valence-electron chi connectivity index (χ1n) is 12.3. The Morgan fingerprint density at radius 1 is 1.03 bits per heavy atom.